The maximum atomic E-state index is 12.3. The van der Waals surface area contributed by atoms with Gasteiger partial charge >= 0.3 is 0 Å². The Bertz CT molecular complexity index is 188. The Balaban J connectivity index is 2.49. The van der Waals surface area contributed by atoms with Crippen molar-refractivity contribution in [3.05, 3.63) is 0 Å². The van der Waals surface area contributed by atoms with Crippen LogP contribution in [0.2, 0.25) is 0 Å². The molecule has 0 radical (unpaired) electrons. The minimum absolute atomic E-state index is 0.271. The Morgan fingerprint density at radius 2 is 1.88 bits per heavy atom. The quantitative estimate of drug-likeness (QED) is 0.778. The Morgan fingerprint density at radius 1 is 1.19 bits per heavy atom. The van der Waals surface area contributed by atoms with Crippen molar-refractivity contribution in [2.75, 3.05) is 26.2 Å². The van der Waals surface area contributed by atoms with Gasteiger partial charge in [-0.2, -0.15) is 0 Å². The maximum absolute atomic E-state index is 12.3. The van der Waals surface area contributed by atoms with Crippen LogP contribution in [0.5, 0.6) is 0 Å². The fourth-order valence-corrected chi connectivity index (χ4v) is 2.41. The summed E-state index contributed by atoms with van der Waals surface area (Å²) in [7, 11) is 0. The maximum Gasteiger partial charge on any atom is 0.225 e. The van der Waals surface area contributed by atoms with E-state index in [1.165, 1.54) is 0 Å². The summed E-state index contributed by atoms with van der Waals surface area (Å²) in [5, 5.41) is 3.34. The third-order valence-electron chi connectivity index (χ3n) is 3.28. The first-order valence-electron chi connectivity index (χ1n) is 6.79. The molecule has 1 aliphatic heterocycles. The van der Waals surface area contributed by atoms with Crippen molar-refractivity contribution in [1.29, 1.82) is 0 Å². The standard InChI is InChI=1S/C13H26N2O/c1-3-6-12(7-4-2)13(16)15-10-5-8-14-9-11-15/h12,14H,3-11H2,1-2H3. The summed E-state index contributed by atoms with van der Waals surface area (Å²) in [5.41, 5.74) is 0. The van der Waals surface area contributed by atoms with Crippen LogP contribution in [0.3, 0.4) is 0 Å². The van der Waals surface area contributed by atoms with E-state index in [4.69, 9.17) is 0 Å². The van der Waals surface area contributed by atoms with Crippen molar-refractivity contribution in [3.63, 3.8) is 0 Å². The summed E-state index contributed by atoms with van der Waals surface area (Å²) in [6.45, 7) is 8.17. The zero-order valence-electron chi connectivity index (χ0n) is 10.8. The molecule has 16 heavy (non-hydrogen) atoms. The van der Waals surface area contributed by atoms with E-state index in [0.29, 0.717) is 5.91 Å². The second-order valence-electron chi connectivity index (χ2n) is 4.70. The van der Waals surface area contributed by atoms with Crippen molar-refractivity contribution in [1.82, 2.24) is 10.2 Å². The smallest absolute Gasteiger partial charge is 0.225 e. The molecule has 0 unspecified atom stereocenters. The van der Waals surface area contributed by atoms with Crippen LogP contribution in [0.1, 0.15) is 46.0 Å². The van der Waals surface area contributed by atoms with Crippen LogP contribution in [0.15, 0.2) is 0 Å². The lowest BCUT2D eigenvalue weighted by atomic mass is 9.96. The molecule has 94 valence electrons. The number of hydrogen-bond donors (Lipinski definition) is 1. The van der Waals surface area contributed by atoms with Gasteiger partial charge in [0.2, 0.25) is 5.91 Å². The number of nitrogens with zero attached hydrogens (tertiary/aromatic N) is 1. The van der Waals surface area contributed by atoms with E-state index >= 15 is 0 Å². The highest BCUT2D eigenvalue weighted by Crippen LogP contribution is 2.17. The molecule has 3 heteroatoms. The molecule has 1 rings (SSSR count). The monoisotopic (exact) mass is 226 g/mol. The number of hydrogen-bond acceptors (Lipinski definition) is 2. The van der Waals surface area contributed by atoms with E-state index in [1.54, 1.807) is 0 Å². The van der Waals surface area contributed by atoms with E-state index in [1.807, 2.05) is 0 Å². The van der Waals surface area contributed by atoms with E-state index in [-0.39, 0.29) is 5.92 Å². The fourth-order valence-electron chi connectivity index (χ4n) is 2.41. The van der Waals surface area contributed by atoms with Crippen molar-refractivity contribution in [2.24, 2.45) is 5.92 Å². The minimum atomic E-state index is 0.271. The number of carbonyl (C=O) groups is 1. The molecule has 0 bridgehead atoms. The molecule has 1 heterocycles. The van der Waals surface area contributed by atoms with Crippen LogP contribution in [0.25, 0.3) is 0 Å². The fraction of sp³-hybridized carbons (Fsp3) is 0.923. The molecule has 0 aromatic heterocycles. The van der Waals surface area contributed by atoms with Crippen molar-refractivity contribution < 1.29 is 4.79 Å². The Kier molecular flexibility index (Phi) is 6.46. The molecule has 0 aromatic carbocycles. The van der Waals surface area contributed by atoms with Gasteiger partial charge in [0.25, 0.3) is 0 Å². The summed E-state index contributed by atoms with van der Waals surface area (Å²) in [5.74, 6) is 0.667. The molecule has 0 saturated carbocycles. The average molecular weight is 226 g/mol. The molecule has 1 fully saturated rings. The summed E-state index contributed by atoms with van der Waals surface area (Å²) < 4.78 is 0. The van der Waals surface area contributed by atoms with Gasteiger partial charge in [-0.1, -0.05) is 26.7 Å². The van der Waals surface area contributed by atoms with Gasteiger partial charge in [0.1, 0.15) is 0 Å². The van der Waals surface area contributed by atoms with E-state index in [9.17, 15) is 4.79 Å². The van der Waals surface area contributed by atoms with Crippen molar-refractivity contribution in [3.8, 4) is 0 Å². The molecular weight excluding hydrogens is 200 g/mol. The van der Waals surface area contributed by atoms with Crippen LogP contribution in [0.4, 0.5) is 0 Å². The third kappa shape index (κ3) is 4.12. The summed E-state index contributed by atoms with van der Waals surface area (Å²) >= 11 is 0. The summed E-state index contributed by atoms with van der Waals surface area (Å²) in [6.07, 6.45) is 5.43. The highest BCUT2D eigenvalue weighted by Gasteiger charge is 2.23. The van der Waals surface area contributed by atoms with Gasteiger partial charge in [-0.25, -0.2) is 0 Å². The molecular formula is C13H26N2O. The number of amides is 1. The van der Waals surface area contributed by atoms with E-state index < -0.39 is 0 Å². The first-order valence-corrected chi connectivity index (χ1v) is 6.79. The van der Waals surface area contributed by atoms with Gasteiger partial charge in [-0.15, -0.1) is 0 Å². The normalized spacial score (nSPS) is 17.6. The van der Waals surface area contributed by atoms with E-state index in [2.05, 4.69) is 24.1 Å². The molecule has 1 N–H and O–H groups in total. The SMILES string of the molecule is CCCC(CCC)C(=O)N1CCCNCC1. The predicted molar refractivity (Wildman–Crippen MR) is 67.4 cm³/mol. The van der Waals surface area contributed by atoms with Crippen LogP contribution in [-0.4, -0.2) is 37.0 Å². The van der Waals surface area contributed by atoms with Crippen LogP contribution in [-0.2, 0) is 4.79 Å². The molecule has 1 aliphatic rings. The molecule has 0 spiro atoms. The van der Waals surface area contributed by atoms with Gasteiger partial charge in [0.15, 0.2) is 0 Å². The molecule has 1 amide bonds. The van der Waals surface area contributed by atoms with Crippen molar-refractivity contribution in [2.45, 2.75) is 46.0 Å². The van der Waals surface area contributed by atoms with Gasteiger partial charge < -0.3 is 10.2 Å². The Morgan fingerprint density at radius 3 is 2.50 bits per heavy atom. The Hall–Kier alpha value is -0.570. The average Bonchev–Trinajstić information content (AvgIpc) is 2.56. The number of nitrogens with one attached hydrogen (secondary N) is 1. The summed E-state index contributed by atoms with van der Waals surface area (Å²) in [6, 6.07) is 0. The number of carbonyl (C=O) groups excluding carboxylic acids is 1. The molecule has 0 aromatic rings. The van der Waals surface area contributed by atoms with E-state index in [0.717, 1.165) is 58.3 Å². The first-order chi connectivity index (χ1) is 7.79. The Labute approximate surface area is 99.6 Å². The second-order valence-corrected chi connectivity index (χ2v) is 4.70. The zero-order valence-corrected chi connectivity index (χ0v) is 10.8. The van der Waals surface area contributed by atoms with Crippen molar-refractivity contribution >= 4 is 5.91 Å². The molecule has 3 nitrogen and oxygen atoms in total. The minimum Gasteiger partial charge on any atom is -0.341 e. The summed E-state index contributed by atoms with van der Waals surface area (Å²) in [4.78, 5) is 14.4. The van der Waals surface area contributed by atoms with Gasteiger partial charge in [-0.05, 0) is 25.8 Å². The van der Waals surface area contributed by atoms with Crippen LogP contribution >= 0.6 is 0 Å². The molecule has 0 aliphatic carbocycles. The largest absolute Gasteiger partial charge is 0.341 e. The topological polar surface area (TPSA) is 32.3 Å². The van der Waals surface area contributed by atoms with Gasteiger partial charge in [0, 0.05) is 25.6 Å². The van der Waals surface area contributed by atoms with Gasteiger partial charge in [0.05, 0.1) is 0 Å². The lowest BCUT2D eigenvalue weighted by Crippen LogP contribution is -2.38. The lowest BCUT2D eigenvalue weighted by molar-refractivity contribution is -0.135. The third-order valence-corrected chi connectivity index (χ3v) is 3.28. The highest BCUT2D eigenvalue weighted by molar-refractivity contribution is 5.78. The zero-order chi connectivity index (χ0) is 11.8. The highest BCUT2D eigenvalue weighted by atomic mass is 16.2. The van der Waals surface area contributed by atoms with Gasteiger partial charge in [-0.3, -0.25) is 4.79 Å². The first kappa shape index (κ1) is 13.5. The number of rotatable bonds is 5. The van der Waals surface area contributed by atoms with Crippen LogP contribution < -0.4 is 5.32 Å². The predicted octanol–water partition coefficient (Wildman–Crippen LogP) is 2.02. The molecule has 1 saturated heterocycles. The molecule has 0 atom stereocenters. The van der Waals surface area contributed by atoms with Crippen LogP contribution in [0, 0.1) is 5.92 Å². The lowest BCUT2D eigenvalue weighted by Gasteiger charge is -2.25. The second kappa shape index (κ2) is 7.66.